The van der Waals surface area contributed by atoms with Crippen LogP contribution in [0, 0.1) is 5.92 Å². The Hall–Kier alpha value is -0.870. The standard InChI is InChI=1S/C13H23N3O/c1-10(2)12(14)11-7-15-9-16(11)8-13(3)5-4-6-17-13/h7,9-10,12H,4-6,8,14H2,1-3H3. The highest BCUT2D eigenvalue weighted by Gasteiger charge is 2.31. The smallest absolute Gasteiger partial charge is 0.0949 e. The summed E-state index contributed by atoms with van der Waals surface area (Å²) in [7, 11) is 0. The summed E-state index contributed by atoms with van der Waals surface area (Å²) in [5, 5.41) is 0. The van der Waals surface area contributed by atoms with Gasteiger partial charge in [-0.15, -0.1) is 0 Å². The molecule has 1 aliphatic heterocycles. The Labute approximate surface area is 103 Å². The van der Waals surface area contributed by atoms with E-state index in [4.69, 9.17) is 10.5 Å². The molecule has 96 valence electrons. The van der Waals surface area contributed by atoms with Gasteiger partial charge in [-0.2, -0.15) is 0 Å². The highest BCUT2D eigenvalue weighted by molar-refractivity contribution is 5.06. The van der Waals surface area contributed by atoms with E-state index < -0.39 is 0 Å². The summed E-state index contributed by atoms with van der Waals surface area (Å²) in [6.45, 7) is 8.16. The Morgan fingerprint density at radius 2 is 2.35 bits per heavy atom. The molecule has 2 atom stereocenters. The van der Waals surface area contributed by atoms with Gasteiger partial charge in [0, 0.05) is 18.8 Å². The van der Waals surface area contributed by atoms with Gasteiger partial charge in [-0.3, -0.25) is 0 Å². The first-order chi connectivity index (χ1) is 8.02. The summed E-state index contributed by atoms with van der Waals surface area (Å²) < 4.78 is 7.97. The van der Waals surface area contributed by atoms with Gasteiger partial charge in [0.05, 0.1) is 24.2 Å². The number of rotatable bonds is 4. The number of hydrogen-bond donors (Lipinski definition) is 1. The van der Waals surface area contributed by atoms with E-state index in [2.05, 4.69) is 30.3 Å². The van der Waals surface area contributed by atoms with Crippen molar-refractivity contribution in [2.75, 3.05) is 6.61 Å². The zero-order chi connectivity index (χ0) is 12.5. The van der Waals surface area contributed by atoms with Crippen molar-refractivity contribution in [2.24, 2.45) is 11.7 Å². The average Bonchev–Trinajstić information content (AvgIpc) is 2.87. The lowest BCUT2D eigenvalue weighted by atomic mass is 10.0. The Balaban J connectivity index is 2.14. The molecule has 0 saturated carbocycles. The number of hydrogen-bond acceptors (Lipinski definition) is 3. The van der Waals surface area contributed by atoms with Gasteiger partial charge in [0.2, 0.25) is 0 Å². The van der Waals surface area contributed by atoms with Crippen molar-refractivity contribution >= 4 is 0 Å². The molecule has 2 unspecified atom stereocenters. The van der Waals surface area contributed by atoms with Crippen LogP contribution >= 0.6 is 0 Å². The lowest BCUT2D eigenvalue weighted by Crippen LogP contribution is -2.31. The molecular weight excluding hydrogens is 214 g/mol. The Kier molecular flexibility index (Phi) is 3.54. The van der Waals surface area contributed by atoms with Crippen molar-refractivity contribution in [2.45, 2.75) is 51.8 Å². The molecule has 0 amide bonds. The minimum absolute atomic E-state index is 0.0440. The molecule has 1 aromatic heterocycles. The topological polar surface area (TPSA) is 53.1 Å². The van der Waals surface area contributed by atoms with Crippen LogP contribution in [0.1, 0.15) is 45.3 Å². The van der Waals surface area contributed by atoms with Crippen molar-refractivity contribution in [3.63, 3.8) is 0 Å². The van der Waals surface area contributed by atoms with Gasteiger partial charge in [-0.05, 0) is 25.7 Å². The van der Waals surface area contributed by atoms with Crippen molar-refractivity contribution in [3.8, 4) is 0 Å². The third kappa shape index (κ3) is 2.69. The fourth-order valence-electron chi connectivity index (χ4n) is 2.40. The van der Waals surface area contributed by atoms with Crippen LogP contribution in [0.4, 0.5) is 0 Å². The molecule has 0 aliphatic carbocycles. The van der Waals surface area contributed by atoms with E-state index in [0.29, 0.717) is 5.92 Å². The van der Waals surface area contributed by atoms with E-state index in [0.717, 1.165) is 31.7 Å². The molecule has 0 spiro atoms. The van der Waals surface area contributed by atoms with Gasteiger partial charge in [-0.25, -0.2) is 4.98 Å². The summed E-state index contributed by atoms with van der Waals surface area (Å²) in [5.74, 6) is 0.419. The van der Waals surface area contributed by atoms with Gasteiger partial charge < -0.3 is 15.0 Å². The maximum atomic E-state index is 6.20. The minimum Gasteiger partial charge on any atom is -0.373 e. The van der Waals surface area contributed by atoms with Crippen LogP contribution in [0.25, 0.3) is 0 Å². The molecule has 2 rings (SSSR count). The van der Waals surface area contributed by atoms with E-state index in [1.54, 1.807) is 0 Å². The van der Waals surface area contributed by atoms with Crippen molar-refractivity contribution < 1.29 is 4.74 Å². The van der Waals surface area contributed by atoms with Gasteiger partial charge in [0.25, 0.3) is 0 Å². The number of aromatic nitrogens is 2. The molecule has 1 aromatic rings. The normalized spacial score (nSPS) is 26.6. The Morgan fingerprint density at radius 1 is 1.59 bits per heavy atom. The van der Waals surface area contributed by atoms with E-state index in [9.17, 15) is 0 Å². The van der Waals surface area contributed by atoms with Gasteiger partial charge >= 0.3 is 0 Å². The van der Waals surface area contributed by atoms with E-state index in [-0.39, 0.29) is 11.6 Å². The minimum atomic E-state index is -0.0495. The summed E-state index contributed by atoms with van der Waals surface area (Å²) >= 11 is 0. The van der Waals surface area contributed by atoms with Crippen LogP contribution in [0.5, 0.6) is 0 Å². The first-order valence-electron chi connectivity index (χ1n) is 6.41. The van der Waals surface area contributed by atoms with Gasteiger partial charge in [-0.1, -0.05) is 13.8 Å². The second-order valence-electron chi connectivity index (χ2n) is 5.62. The molecule has 1 aliphatic rings. The Morgan fingerprint density at radius 3 is 2.94 bits per heavy atom. The maximum Gasteiger partial charge on any atom is 0.0949 e. The van der Waals surface area contributed by atoms with E-state index in [1.165, 1.54) is 0 Å². The molecule has 1 fully saturated rings. The molecule has 0 radical (unpaired) electrons. The van der Waals surface area contributed by atoms with E-state index >= 15 is 0 Å². The van der Waals surface area contributed by atoms with Crippen LogP contribution in [-0.4, -0.2) is 21.8 Å². The van der Waals surface area contributed by atoms with Crippen LogP contribution in [-0.2, 0) is 11.3 Å². The van der Waals surface area contributed by atoms with Crippen molar-refractivity contribution in [1.82, 2.24) is 9.55 Å². The van der Waals surface area contributed by atoms with Crippen LogP contribution in [0.15, 0.2) is 12.5 Å². The molecule has 4 heteroatoms. The number of imidazole rings is 1. The summed E-state index contributed by atoms with van der Waals surface area (Å²) in [6, 6.07) is 0.0440. The molecular formula is C13H23N3O. The molecule has 1 saturated heterocycles. The third-order valence-electron chi connectivity index (χ3n) is 3.61. The fourth-order valence-corrected chi connectivity index (χ4v) is 2.40. The first kappa shape index (κ1) is 12.6. The average molecular weight is 237 g/mol. The number of nitrogens with two attached hydrogens (primary N) is 1. The van der Waals surface area contributed by atoms with Crippen LogP contribution in [0.3, 0.4) is 0 Å². The second kappa shape index (κ2) is 4.78. The largest absolute Gasteiger partial charge is 0.373 e. The highest BCUT2D eigenvalue weighted by Crippen LogP contribution is 2.28. The summed E-state index contributed by atoms with van der Waals surface area (Å²) in [6.07, 6.45) is 6.01. The molecule has 2 N–H and O–H groups in total. The summed E-state index contributed by atoms with van der Waals surface area (Å²) in [4.78, 5) is 4.23. The van der Waals surface area contributed by atoms with Crippen LogP contribution in [0.2, 0.25) is 0 Å². The Bertz CT molecular complexity index is 366. The predicted molar refractivity (Wildman–Crippen MR) is 67.6 cm³/mol. The summed E-state index contributed by atoms with van der Waals surface area (Å²) in [5.41, 5.74) is 7.26. The number of nitrogens with zero attached hydrogens (tertiary/aromatic N) is 2. The third-order valence-corrected chi connectivity index (χ3v) is 3.61. The molecule has 0 bridgehead atoms. The van der Waals surface area contributed by atoms with Crippen LogP contribution < -0.4 is 5.73 Å². The number of ether oxygens (including phenoxy) is 1. The fraction of sp³-hybridized carbons (Fsp3) is 0.769. The second-order valence-corrected chi connectivity index (χ2v) is 5.62. The SMILES string of the molecule is CC(C)C(N)c1cncn1CC1(C)CCCO1. The van der Waals surface area contributed by atoms with Crippen molar-refractivity contribution in [3.05, 3.63) is 18.2 Å². The van der Waals surface area contributed by atoms with Crippen molar-refractivity contribution in [1.29, 1.82) is 0 Å². The monoisotopic (exact) mass is 237 g/mol. The predicted octanol–water partition coefficient (Wildman–Crippen LogP) is 2.11. The molecule has 4 nitrogen and oxygen atoms in total. The molecule has 0 aromatic carbocycles. The van der Waals surface area contributed by atoms with Gasteiger partial charge in [0.1, 0.15) is 0 Å². The van der Waals surface area contributed by atoms with E-state index in [1.807, 2.05) is 12.5 Å². The zero-order valence-electron chi connectivity index (χ0n) is 11.0. The maximum absolute atomic E-state index is 6.20. The lowest BCUT2D eigenvalue weighted by Gasteiger charge is -2.26. The lowest BCUT2D eigenvalue weighted by molar-refractivity contribution is 0.00537. The quantitative estimate of drug-likeness (QED) is 0.872. The first-order valence-corrected chi connectivity index (χ1v) is 6.41. The highest BCUT2D eigenvalue weighted by atomic mass is 16.5. The zero-order valence-corrected chi connectivity index (χ0v) is 11.0. The molecule has 2 heterocycles. The molecule has 17 heavy (non-hydrogen) atoms. The van der Waals surface area contributed by atoms with Gasteiger partial charge in [0.15, 0.2) is 0 Å².